The number of nitriles is 1. The molecular formula is C12H6ClNO2. The monoisotopic (exact) mass is 231 g/mol. The fraction of sp³-hybridized carbons (Fsp3) is 0. The fourth-order valence-electron chi connectivity index (χ4n) is 1.45. The summed E-state index contributed by atoms with van der Waals surface area (Å²) in [5.74, 6) is 0.386. The molecule has 0 spiro atoms. The fourth-order valence-corrected chi connectivity index (χ4v) is 1.54. The Hall–Kier alpha value is -2.05. The van der Waals surface area contributed by atoms with Crippen LogP contribution in [0, 0.1) is 11.3 Å². The zero-order valence-corrected chi connectivity index (χ0v) is 8.86. The van der Waals surface area contributed by atoms with Crippen LogP contribution < -0.4 is 4.74 Å². The highest BCUT2D eigenvalue weighted by Crippen LogP contribution is 2.22. The van der Waals surface area contributed by atoms with Gasteiger partial charge in [0.1, 0.15) is 5.75 Å². The van der Waals surface area contributed by atoms with Crippen LogP contribution in [0.4, 0.5) is 4.79 Å². The summed E-state index contributed by atoms with van der Waals surface area (Å²) in [6.07, 6.45) is 0. The van der Waals surface area contributed by atoms with Crippen molar-refractivity contribution in [2.45, 2.75) is 0 Å². The Labute approximate surface area is 96.8 Å². The van der Waals surface area contributed by atoms with Crippen LogP contribution in [0.3, 0.4) is 0 Å². The number of carbonyl (C=O) groups excluding carboxylic acids is 1. The van der Waals surface area contributed by atoms with Crippen LogP contribution >= 0.6 is 11.6 Å². The number of rotatable bonds is 1. The molecule has 0 fully saturated rings. The molecule has 0 aliphatic carbocycles. The van der Waals surface area contributed by atoms with E-state index in [1.54, 1.807) is 36.4 Å². The van der Waals surface area contributed by atoms with E-state index in [1.807, 2.05) is 0 Å². The van der Waals surface area contributed by atoms with E-state index in [0.717, 1.165) is 10.8 Å². The Balaban J connectivity index is 2.48. The Kier molecular flexibility index (Phi) is 2.76. The maximum atomic E-state index is 10.5. The summed E-state index contributed by atoms with van der Waals surface area (Å²) >= 11 is 5.11. The quantitative estimate of drug-likeness (QED) is 0.707. The molecule has 0 aromatic heterocycles. The van der Waals surface area contributed by atoms with Crippen LogP contribution in [0.15, 0.2) is 36.4 Å². The summed E-state index contributed by atoms with van der Waals surface area (Å²) in [6.45, 7) is 0. The molecule has 2 rings (SSSR count). The molecule has 0 radical (unpaired) electrons. The summed E-state index contributed by atoms with van der Waals surface area (Å²) < 4.78 is 4.74. The van der Waals surface area contributed by atoms with Crippen LogP contribution in [0.25, 0.3) is 10.8 Å². The third-order valence-corrected chi connectivity index (χ3v) is 2.22. The zero-order valence-electron chi connectivity index (χ0n) is 8.11. The highest BCUT2D eigenvalue weighted by Gasteiger charge is 2.02. The van der Waals surface area contributed by atoms with Crippen molar-refractivity contribution in [3.05, 3.63) is 42.0 Å². The van der Waals surface area contributed by atoms with E-state index < -0.39 is 5.43 Å². The normalized spacial score (nSPS) is 9.75. The van der Waals surface area contributed by atoms with Crippen LogP contribution in [0.1, 0.15) is 5.56 Å². The van der Waals surface area contributed by atoms with Crippen molar-refractivity contribution in [2.24, 2.45) is 0 Å². The molecule has 0 aliphatic heterocycles. The third-order valence-electron chi connectivity index (χ3n) is 2.14. The average Bonchev–Trinajstić information content (AvgIpc) is 2.27. The highest BCUT2D eigenvalue weighted by molar-refractivity contribution is 6.61. The van der Waals surface area contributed by atoms with Gasteiger partial charge in [0.25, 0.3) is 0 Å². The number of fused-ring (bicyclic) bond motifs is 1. The summed E-state index contributed by atoms with van der Waals surface area (Å²) in [5.41, 5.74) is -0.275. The molecular weight excluding hydrogens is 226 g/mol. The Morgan fingerprint density at radius 3 is 2.56 bits per heavy atom. The molecule has 0 saturated carbocycles. The van der Waals surface area contributed by atoms with E-state index >= 15 is 0 Å². The minimum Gasteiger partial charge on any atom is -0.414 e. The summed E-state index contributed by atoms with van der Waals surface area (Å²) in [5, 5.41) is 10.5. The first-order chi connectivity index (χ1) is 7.69. The predicted octanol–water partition coefficient (Wildman–Crippen LogP) is 3.45. The molecule has 2 aromatic carbocycles. The number of hydrogen-bond donors (Lipinski definition) is 0. The van der Waals surface area contributed by atoms with Crippen molar-refractivity contribution >= 4 is 27.8 Å². The van der Waals surface area contributed by atoms with Gasteiger partial charge in [-0.2, -0.15) is 5.26 Å². The van der Waals surface area contributed by atoms with E-state index in [9.17, 15) is 4.79 Å². The number of hydrogen-bond acceptors (Lipinski definition) is 3. The molecule has 0 N–H and O–H groups in total. The average molecular weight is 232 g/mol. The standard InChI is InChI=1S/C12H6ClNO2/c13-12(15)16-11-4-3-9-5-8(7-14)1-2-10(9)6-11/h1-6H. The van der Waals surface area contributed by atoms with Gasteiger partial charge >= 0.3 is 5.43 Å². The molecule has 78 valence electrons. The maximum Gasteiger partial charge on any atom is 0.409 e. The third kappa shape index (κ3) is 2.13. The van der Waals surface area contributed by atoms with Crippen LogP contribution in [0.5, 0.6) is 5.75 Å². The van der Waals surface area contributed by atoms with Gasteiger partial charge in [0.15, 0.2) is 0 Å². The number of nitrogens with zero attached hydrogens (tertiary/aromatic N) is 1. The van der Waals surface area contributed by atoms with E-state index in [4.69, 9.17) is 21.6 Å². The second-order valence-corrected chi connectivity index (χ2v) is 3.48. The summed E-state index contributed by atoms with van der Waals surface area (Å²) in [6, 6.07) is 12.4. The number of ether oxygens (including phenoxy) is 1. The molecule has 0 atom stereocenters. The number of carbonyl (C=O) groups is 1. The molecule has 0 heterocycles. The second kappa shape index (κ2) is 4.21. The lowest BCUT2D eigenvalue weighted by Crippen LogP contribution is -1.95. The minimum absolute atomic E-state index is 0.386. The van der Waals surface area contributed by atoms with E-state index in [2.05, 4.69) is 6.07 Å². The molecule has 3 nitrogen and oxygen atoms in total. The first-order valence-electron chi connectivity index (χ1n) is 4.50. The summed E-state index contributed by atoms with van der Waals surface area (Å²) in [4.78, 5) is 10.5. The SMILES string of the molecule is N#Cc1ccc2cc(OC(=O)Cl)ccc2c1. The summed E-state index contributed by atoms with van der Waals surface area (Å²) in [7, 11) is 0. The Morgan fingerprint density at radius 2 is 1.88 bits per heavy atom. The first kappa shape index (κ1) is 10.5. The van der Waals surface area contributed by atoms with Crippen LogP contribution in [-0.4, -0.2) is 5.43 Å². The number of halogens is 1. The molecule has 0 bridgehead atoms. The van der Waals surface area contributed by atoms with Gasteiger partial charge in [-0.05, 0) is 35.0 Å². The van der Waals surface area contributed by atoms with Gasteiger partial charge in [-0.25, -0.2) is 4.79 Å². The molecule has 16 heavy (non-hydrogen) atoms. The number of benzene rings is 2. The molecule has 2 aromatic rings. The van der Waals surface area contributed by atoms with E-state index in [0.29, 0.717) is 11.3 Å². The molecule has 0 saturated heterocycles. The lowest BCUT2D eigenvalue weighted by Gasteiger charge is -2.02. The van der Waals surface area contributed by atoms with Gasteiger partial charge in [-0.1, -0.05) is 12.1 Å². The van der Waals surface area contributed by atoms with E-state index in [1.165, 1.54) is 0 Å². The van der Waals surface area contributed by atoms with Crippen molar-refractivity contribution in [2.75, 3.05) is 0 Å². The zero-order chi connectivity index (χ0) is 11.5. The van der Waals surface area contributed by atoms with Gasteiger partial charge in [0, 0.05) is 11.6 Å². The topological polar surface area (TPSA) is 50.1 Å². The molecule has 4 heteroatoms. The molecule has 0 amide bonds. The van der Waals surface area contributed by atoms with Crippen molar-refractivity contribution in [3.8, 4) is 11.8 Å². The first-order valence-corrected chi connectivity index (χ1v) is 4.88. The van der Waals surface area contributed by atoms with Crippen LogP contribution in [0.2, 0.25) is 0 Å². The maximum absolute atomic E-state index is 10.5. The van der Waals surface area contributed by atoms with Crippen molar-refractivity contribution in [1.82, 2.24) is 0 Å². The second-order valence-electron chi connectivity index (χ2n) is 3.18. The lowest BCUT2D eigenvalue weighted by atomic mass is 10.1. The Bertz CT molecular complexity index is 601. The van der Waals surface area contributed by atoms with Gasteiger partial charge in [-0.3, -0.25) is 0 Å². The lowest BCUT2D eigenvalue weighted by molar-refractivity contribution is 0.225. The largest absolute Gasteiger partial charge is 0.414 e. The smallest absolute Gasteiger partial charge is 0.409 e. The van der Waals surface area contributed by atoms with Crippen molar-refractivity contribution < 1.29 is 9.53 Å². The Morgan fingerprint density at radius 1 is 1.19 bits per heavy atom. The van der Waals surface area contributed by atoms with E-state index in [-0.39, 0.29) is 0 Å². The van der Waals surface area contributed by atoms with Crippen molar-refractivity contribution in [1.29, 1.82) is 5.26 Å². The van der Waals surface area contributed by atoms with Gasteiger partial charge < -0.3 is 4.74 Å². The predicted molar refractivity (Wildman–Crippen MR) is 60.5 cm³/mol. The van der Waals surface area contributed by atoms with Crippen molar-refractivity contribution in [3.63, 3.8) is 0 Å². The van der Waals surface area contributed by atoms with Crippen LogP contribution in [-0.2, 0) is 0 Å². The van der Waals surface area contributed by atoms with Gasteiger partial charge in [-0.15, -0.1) is 0 Å². The molecule has 0 unspecified atom stereocenters. The van der Waals surface area contributed by atoms with Gasteiger partial charge in [0.2, 0.25) is 0 Å². The van der Waals surface area contributed by atoms with Gasteiger partial charge in [0.05, 0.1) is 11.6 Å². The minimum atomic E-state index is -0.868. The highest BCUT2D eigenvalue weighted by atomic mass is 35.5. The molecule has 0 aliphatic rings.